The molecule has 3 nitrogen and oxygen atoms in total. The van der Waals surface area contributed by atoms with Gasteiger partial charge in [0.2, 0.25) is 0 Å². The van der Waals surface area contributed by atoms with Gasteiger partial charge in [-0.3, -0.25) is 4.99 Å². The van der Waals surface area contributed by atoms with Crippen molar-refractivity contribution >= 4 is 47.4 Å². The van der Waals surface area contributed by atoms with Crippen LogP contribution in [0.4, 0.5) is 5.69 Å². The molecule has 92 valence electrons. The summed E-state index contributed by atoms with van der Waals surface area (Å²) in [5.41, 5.74) is 7.77. The Bertz CT molecular complexity index is 462. The molecule has 1 aromatic rings. The standard InChI is InChI=1S/C11H11N3S.2ClH/c12-9-3-1-2-8(6-9)10-7-14-4-5-15-11(14)13-10;;/h1-6,10H,7,12H2;2*1H. The van der Waals surface area contributed by atoms with Crippen LogP contribution in [-0.2, 0) is 0 Å². The minimum absolute atomic E-state index is 0. The Balaban J connectivity index is 0.000000722. The molecular formula is C11H13Cl2N3S. The van der Waals surface area contributed by atoms with Gasteiger partial charge in [0.25, 0.3) is 0 Å². The highest BCUT2D eigenvalue weighted by Gasteiger charge is 2.27. The van der Waals surface area contributed by atoms with Crippen LogP contribution in [0.2, 0.25) is 0 Å². The van der Waals surface area contributed by atoms with E-state index in [1.54, 1.807) is 11.8 Å². The number of rotatable bonds is 1. The van der Waals surface area contributed by atoms with Crippen molar-refractivity contribution < 1.29 is 0 Å². The Morgan fingerprint density at radius 3 is 2.88 bits per heavy atom. The lowest BCUT2D eigenvalue weighted by Gasteiger charge is -2.11. The van der Waals surface area contributed by atoms with E-state index in [-0.39, 0.29) is 30.9 Å². The first kappa shape index (κ1) is 14.2. The summed E-state index contributed by atoms with van der Waals surface area (Å²) in [6, 6.07) is 8.21. The van der Waals surface area contributed by atoms with Gasteiger partial charge in [0, 0.05) is 11.9 Å². The molecule has 2 aliphatic heterocycles. The molecule has 2 N–H and O–H groups in total. The molecule has 1 unspecified atom stereocenters. The van der Waals surface area contributed by atoms with Gasteiger partial charge >= 0.3 is 0 Å². The van der Waals surface area contributed by atoms with Gasteiger partial charge in [-0.25, -0.2) is 0 Å². The van der Waals surface area contributed by atoms with E-state index in [0.29, 0.717) is 0 Å². The van der Waals surface area contributed by atoms with Gasteiger partial charge in [-0.1, -0.05) is 23.9 Å². The van der Waals surface area contributed by atoms with Crippen molar-refractivity contribution in [3.63, 3.8) is 0 Å². The van der Waals surface area contributed by atoms with Crippen LogP contribution in [0.5, 0.6) is 0 Å². The number of nitrogens with zero attached hydrogens (tertiary/aromatic N) is 2. The maximum absolute atomic E-state index is 5.76. The summed E-state index contributed by atoms with van der Waals surface area (Å²) in [7, 11) is 0. The third kappa shape index (κ3) is 2.70. The maximum atomic E-state index is 5.76. The Kier molecular flexibility index (Phi) is 4.74. The van der Waals surface area contributed by atoms with Gasteiger partial charge in [-0.15, -0.1) is 24.8 Å². The molecule has 0 aromatic heterocycles. The second-order valence-electron chi connectivity index (χ2n) is 3.65. The summed E-state index contributed by atoms with van der Waals surface area (Å²) in [6.07, 6.45) is 2.08. The number of fused-ring (bicyclic) bond motifs is 1. The first-order valence-corrected chi connectivity index (χ1v) is 5.74. The minimum atomic E-state index is 0. The zero-order valence-electron chi connectivity index (χ0n) is 8.95. The van der Waals surface area contributed by atoms with Crippen molar-refractivity contribution in [3.05, 3.63) is 41.4 Å². The summed E-state index contributed by atoms with van der Waals surface area (Å²) in [4.78, 5) is 6.83. The Labute approximate surface area is 117 Å². The summed E-state index contributed by atoms with van der Waals surface area (Å²) in [6.45, 7) is 0.933. The molecule has 1 aromatic carbocycles. The number of hydrogen-bond acceptors (Lipinski definition) is 4. The maximum Gasteiger partial charge on any atom is 0.168 e. The van der Waals surface area contributed by atoms with Gasteiger partial charge in [0.1, 0.15) is 0 Å². The summed E-state index contributed by atoms with van der Waals surface area (Å²) < 4.78 is 0. The number of benzene rings is 1. The van der Waals surface area contributed by atoms with Crippen LogP contribution >= 0.6 is 36.6 Å². The molecule has 0 saturated heterocycles. The Morgan fingerprint density at radius 1 is 1.35 bits per heavy atom. The van der Waals surface area contributed by atoms with Gasteiger partial charge < -0.3 is 10.6 Å². The number of nitrogen functional groups attached to an aromatic ring is 1. The molecule has 2 aliphatic rings. The highest BCUT2D eigenvalue weighted by atomic mass is 35.5. The predicted octanol–water partition coefficient (Wildman–Crippen LogP) is 3.04. The Morgan fingerprint density at radius 2 is 2.18 bits per heavy atom. The van der Waals surface area contributed by atoms with E-state index in [1.807, 2.05) is 18.2 Å². The lowest BCUT2D eigenvalue weighted by Crippen LogP contribution is -2.16. The van der Waals surface area contributed by atoms with Crippen molar-refractivity contribution in [2.24, 2.45) is 4.99 Å². The topological polar surface area (TPSA) is 41.6 Å². The number of nitrogens with two attached hydrogens (primary N) is 1. The third-order valence-corrected chi connectivity index (χ3v) is 3.40. The molecule has 1 atom stereocenters. The second-order valence-corrected chi connectivity index (χ2v) is 4.53. The monoisotopic (exact) mass is 289 g/mol. The van der Waals surface area contributed by atoms with E-state index in [4.69, 9.17) is 5.73 Å². The average Bonchev–Trinajstić information content (AvgIpc) is 2.76. The zero-order valence-corrected chi connectivity index (χ0v) is 11.4. The van der Waals surface area contributed by atoms with Crippen LogP contribution in [0, 0.1) is 0 Å². The van der Waals surface area contributed by atoms with Gasteiger partial charge in [-0.2, -0.15) is 0 Å². The fourth-order valence-corrected chi connectivity index (χ4v) is 2.63. The predicted molar refractivity (Wildman–Crippen MR) is 79.0 cm³/mol. The van der Waals surface area contributed by atoms with E-state index >= 15 is 0 Å². The molecular weight excluding hydrogens is 277 g/mol. The number of aliphatic imine (C=N–C) groups is 1. The molecule has 2 heterocycles. The Hall–Kier alpha value is -0.840. The normalized spacial score (nSPS) is 20.4. The quantitative estimate of drug-likeness (QED) is 0.808. The van der Waals surface area contributed by atoms with Crippen LogP contribution in [0.25, 0.3) is 0 Å². The molecule has 17 heavy (non-hydrogen) atoms. The molecule has 0 spiro atoms. The molecule has 0 amide bonds. The summed E-state index contributed by atoms with van der Waals surface area (Å²) in [5.74, 6) is 0. The van der Waals surface area contributed by atoms with Crippen LogP contribution in [-0.4, -0.2) is 16.6 Å². The van der Waals surface area contributed by atoms with Crippen molar-refractivity contribution in [1.29, 1.82) is 0 Å². The molecule has 6 heteroatoms. The zero-order chi connectivity index (χ0) is 10.3. The number of thioether (sulfide) groups is 1. The molecule has 0 bridgehead atoms. The molecule has 0 aliphatic carbocycles. The summed E-state index contributed by atoms with van der Waals surface area (Å²) in [5, 5.41) is 3.16. The van der Waals surface area contributed by atoms with Crippen molar-refractivity contribution in [2.75, 3.05) is 12.3 Å². The first-order chi connectivity index (χ1) is 7.33. The molecule has 0 saturated carbocycles. The van der Waals surface area contributed by atoms with Crippen molar-refractivity contribution in [2.45, 2.75) is 6.04 Å². The number of hydrogen-bond donors (Lipinski definition) is 1. The van der Waals surface area contributed by atoms with Gasteiger partial charge in [0.15, 0.2) is 5.17 Å². The SMILES string of the molecule is Cl.Cl.Nc1cccc(C2CN3C=CSC3=N2)c1. The fraction of sp³-hybridized carbons (Fsp3) is 0.182. The molecule has 0 fully saturated rings. The highest BCUT2D eigenvalue weighted by molar-refractivity contribution is 8.16. The van der Waals surface area contributed by atoms with Crippen molar-refractivity contribution in [1.82, 2.24) is 4.90 Å². The molecule has 0 radical (unpaired) electrons. The van der Waals surface area contributed by atoms with Crippen LogP contribution in [0.1, 0.15) is 11.6 Å². The lowest BCUT2D eigenvalue weighted by molar-refractivity contribution is 0.558. The molecule has 3 rings (SSSR count). The third-order valence-electron chi connectivity index (χ3n) is 2.59. The van der Waals surface area contributed by atoms with Crippen LogP contribution in [0.3, 0.4) is 0 Å². The van der Waals surface area contributed by atoms with Gasteiger partial charge in [0.05, 0.1) is 12.6 Å². The van der Waals surface area contributed by atoms with Gasteiger partial charge in [-0.05, 0) is 23.1 Å². The van der Waals surface area contributed by atoms with E-state index in [2.05, 4.69) is 27.6 Å². The number of amidine groups is 1. The van der Waals surface area contributed by atoms with Crippen LogP contribution < -0.4 is 5.73 Å². The lowest BCUT2D eigenvalue weighted by atomic mass is 10.1. The van der Waals surface area contributed by atoms with Crippen molar-refractivity contribution in [3.8, 4) is 0 Å². The number of halogens is 2. The summed E-state index contributed by atoms with van der Waals surface area (Å²) >= 11 is 1.68. The van der Waals surface area contributed by atoms with E-state index < -0.39 is 0 Å². The average molecular weight is 290 g/mol. The fourth-order valence-electron chi connectivity index (χ4n) is 1.85. The smallest absolute Gasteiger partial charge is 0.168 e. The first-order valence-electron chi connectivity index (χ1n) is 4.86. The largest absolute Gasteiger partial charge is 0.399 e. The minimum Gasteiger partial charge on any atom is -0.399 e. The van der Waals surface area contributed by atoms with E-state index in [0.717, 1.165) is 17.4 Å². The van der Waals surface area contributed by atoms with Crippen LogP contribution in [0.15, 0.2) is 40.9 Å². The number of anilines is 1. The second kappa shape index (κ2) is 5.67. The van der Waals surface area contributed by atoms with E-state index in [1.165, 1.54) is 5.56 Å². The van der Waals surface area contributed by atoms with E-state index in [9.17, 15) is 0 Å². The highest BCUT2D eigenvalue weighted by Crippen LogP contribution is 2.33.